The van der Waals surface area contributed by atoms with Gasteiger partial charge in [-0.2, -0.15) is 0 Å². The summed E-state index contributed by atoms with van der Waals surface area (Å²) in [7, 11) is 1.66. The summed E-state index contributed by atoms with van der Waals surface area (Å²) in [6, 6.07) is 13.0. The molecule has 0 spiro atoms. The lowest BCUT2D eigenvalue weighted by Crippen LogP contribution is -2.52. The Labute approximate surface area is 172 Å². The van der Waals surface area contributed by atoms with Gasteiger partial charge in [-0.3, -0.25) is 9.80 Å². The van der Waals surface area contributed by atoms with Crippen molar-refractivity contribution >= 4 is 0 Å². The van der Waals surface area contributed by atoms with Crippen molar-refractivity contribution in [3.05, 3.63) is 53.1 Å². The number of piperazine rings is 1. The first-order valence-corrected chi connectivity index (χ1v) is 10.3. The molecule has 1 saturated heterocycles. The van der Waals surface area contributed by atoms with Crippen LogP contribution in [0, 0.1) is 6.92 Å². The average Bonchev–Trinajstić information content (AvgIpc) is 3.20. The first-order chi connectivity index (χ1) is 14.2. The third-order valence-electron chi connectivity index (χ3n) is 5.91. The molecule has 2 aliphatic rings. The summed E-state index contributed by atoms with van der Waals surface area (Å²) in [4.78, 5) is 4.96. The first-order valence-electron chi connectivity index (χ1n) is 10.3. The number of aliphatic hydroxyl groups excluding tert-OH is 1. The normalized spacial score (nSPS) is 19.5. The maximum absolute atomic E-state index is 9.61. The van der Waals surface area contributed by atoms with Gasteiger partial charge in [-0.25, -0.2) is 0 Å². The molecule has 2 aromatic rings. The lowest BCUT2D eigenvalue weighted by molar-refractivity contribution is 0.0498. The molecule has 4 rings (SSSR count). The highest BCUT2D eigenvalue weighted by Gasteiger charge is 2.28. The van der Waals surface area contributed by atoms with Crippen LogP contribution in [0.4, 0.5) is 0 Å². The molecule has 156 valence electrons. The standard InChI is InChI=1S/C23H30N2O4/c1-17-5-3-4-6-19(17)14-25-9-8-24(15-20(25)7-10-26)13-18-11-21(27-2)23-22(12-18)28-16-29-23/h3-6,11-12,20,26H,7-10,13-16H2,1-2H3/t20-/m0/s1. The second-order valence-corrected chi connectivity index (χ2v) is 7.83. The minimum absolute atomic E-state index is 0.209. The van der Waals surface area contributed by atoms with Crippen molar-refractivity contribution in [2.24, 2.45) is 0 Å². The van der Waals surface area contributed by atoms with Gasteiger partial charge in [0.1, 0.15) is 0 Å². The van der Waals surface area contributed by atoms with Crippen LogP contribution in [0.2, 0.25) is 0 Å². The van der Waals surface area contributed by atoms with Gasteiger partial charge in [-0.05, 0) is 42.2 Å². The minimum atomic E-state index is 0.209. The van der Waals surface area contributed by atoms with Gasteiger partial charge in [-0.1, -0.05) is 24.3 Å². The predicted molar refractivity (Wildman–Crippen MR) is 111 cm³/mol. The summed E-state index contributed by atoms with van der Waals surface area (Å²) < 4.78 is 16.5. The van der Waals surface area contributed by atoms with Crippen molar-refractivity contribution in [2.75, 3.05) is 40.1 Å². The number of nitrogens with zero attached hydrogens (tertiary/aromatic N) is 2. The third-order valence-corrected chi connectivity index (χ3v) is 5.91. The molecule has 2 heterocycles. The zero-order valence-electron chi connectivity index (χ0n) is 17.3. The van der Waals surface area contributed by atoms with Crippen LogP contribution in [-0.4, -0.2) is 61.1 Å². The Balaban J connectivity index is 1.44. The molecule has 0 saturated carbocycles. The van der Waals surface area contributed by atoms with E-state index in [1.54, 1.807) is 7.11 Å². The summed E-state index contributed by atoms with van der Waals surface area (Å²) in [5.74, 6) is 2.17. The Hall–Kier alpha value is -2.28. The number of aryl methyl sites for hydroxylation is 1. The molecule has 0 amide bonds. The average molecular weight is 399 g/mol. The van der Waals surface area contributed by atoms with Gasteiger partial charge in [-0.15, -0.1) is 0 Å². The van der Waals surface area contributed by atoms with Gasteiger partial charge in [0.15, 0.2) is 11.5 Å². The molecule has 6 nitrogen and oxygen atoms in total. The van der Waals surface area contributed by atoms with Crippen LogP contribution in [0.1, 0.15) is 23.1 Å². The lowest BCUT2D eigenvalue weighted by atomic mass is 10.0. The molecule has 2 aliphatic heterocycles. The highest BCUT2D eigenvalue weighted by Crippen LogP contribution is 2.42. The molecule has 1 atom stereocenters. The maximum Gasteiger partial charge on any atom is 0.231 e. The summed E-state index contributed by atoms with van der Waals surface area (Å²) >= 11 is 0. The van der Waals surface area contributed by atoms with Crippen molar-refractivity contribution < 1.29 is 19.3 Å². The molecule has 0 bridgehead atoms. The molecule has 1 fully saturated rings. The van der Waals surface area contributed by atoms with Crippen LogP contribution in [-0.2, 0) is 13.1 Å². The summed E-state index contributed by atoms with van der Waals surface area (Å²) in [6.45, 7) is 7.29. The van der Waals surface area contributed by atoms with E-state index in [4.69, 9.17) is 14.2 Å². The number of benzene rings is 2. The van der Waals surface area contributed by atoms with Crippen LogP contribution in [0.5, 0.6) is 17.2 Å². The van der Waals surface area contributed by atoms with E-state index in [0.29, 0.717) is 11.8 Å². The number of ether oxygens (including phenoxy) is 3. The molecule has 29 heavy (non-hydrogen) atoms. The number of fused-ring (bicyclic) bond motifs is 1. The SMILES string of the molecule is COc1cc(CN2CCN(Cc3ccccc3C)[C@@H](CCO)C2)cc2c1OCO2. The highest BCUT2D eigenvalue weighted by atomic mass is 16.7. The second-order valence-electron chi connectivity index (χ2n) is 7.83. The van der Waals surface area contributed by atoms with Crippen LogP contribution in [0.25, 0.3) is 0 Å². The molecule has 0 aliphatic carbocycles. The molecule has 2 aromatic carbocycles. The van der Waals surface area contributed by atoms with Crippen LogP contribution in [0.3, 0.4) is 0 Å². The minimum Gasteiger partial charge on any atom is -0.493 e. The predicted octanol–water partition coefficient (Wildman–Crippen LogP) is 2.80. The van der Waals surface area contributed by atoms with Crippen LogP contribution >= 0.6 is 0 Å². The fraction of sp³-hybridized carbons (Fsp3) is 0.478. The highest BCUT2D eigenvalue weighted by molar-refractivity contribution is 5.55. The monoisotopic (exact) mass is 398 g/mol. The van der Waals surface area contributed by atoms with Gasteiger partial charge < -0.3 is 19.3 Å². The molecule has 0 radical (unpaired) electrons. The topological polar surface area (TPSA) is 54.4 Å². The van der Waals surface area contributed by atoms with Crippen LogP contribution in [0.15, 0.2) is 36.4 Å². The van der Waals surface area contributed by atoms with Crippen molar-refractivity contribution in [3.63, 3.8) is 0 Å². The summed E-state index contributed by atoms with van der Waals surface area (Å²) in [6.07, 6.45) is 0.785. The van der Waals surface area contributed by atoms with Crippen LogP contribution < -0.4 is 14.2 Å². The number of rotatable bonds is 7. The first kappa shape index (κ1) is 20.0. The maximum atomic E-state index is 9.61. The molecular weight excluding hydrogens is 368 g/mol. The van der Waals surface area contributed by atoms with E-state index in [9.17, 15) is 5.11 Å². The van der Waals surface area contributed by atoms with E-state index in [0.717, 1.165) is 56.2 Å². The van der Waals surface area contributed by atoms with E-state index in [1.807, 2.05) is 12.1 Å². The summed E-state index contributed by atoms with van der Waals surface area (Å²) in [5, 5.41) is 9.61. The van der Waals surface area contributed by atoms with E-state index in [-0.39, 0.29) is 13.4 Å². The van der Waals surface area contributed by atoms with Crippen molar-refractivity contribution in [2.45, 2.75) is 32.5 Å². The Bertz CT molecular complexity index is 842. The number of aliphatic hydroxyl groups is 1. The molecular formula is C23H30N2O4. The zero-order chi connectivity index (χ0) is 20.2. The Kier molecular flexibility index (Phi) is 6.23. The van der Waals surface area contributed by atoms with Crippen molar-refractivity contribution in [1.29, 1.82) is 0 Å². The van der Waals surface area contributed by atoms with Gasteiger partial charge in [0.05, 0.1) is 7.11 Å². The lowest BCUT2D eigenvalue weighted by Gasteiger charge is -2.41. The largest absolute Gasteiger partial charge is 0.493 e. The quantitative estimate of drug-likeness (QED) is 0.774. The van der Waals surface area contributed by atoms with Gasteiger partial charge >= 0.3 is 0 Å². The van der Waals surface area contributed by atoms with E-state index < -0.39 is 0 Å². The zero-order valence-corrected chi connectivity index (χ0v) is 17.3. The van der Waals surface area contributed by atoms with E-state index >= 15 is 0 Å². The van der Waals surface area contributed by atoms with E-state index in [2.05, 4.69) is 41.0 Å². The molecule has 0 aromatic heterocycles. The Morgan fingerprint density at radius 1 is 1.14 bits per heavy atom. The molecule has 0 unspecified atom stereocenters. The van der Waals surface area contributed by atoms with Gasteiger partial charge in [0.25, 0.3) is 0 Å². The van der Waals surface area contributed by atoms with E-state index in [1.165, 1.54) is 11.1 Å². The van der Waals surface area contributed by atoms with Gasteiger partial charge in [0.2, 0.25) is 12.5 Å². The number of hydrogen-bond donors (Lipinski definition) is 1. The Morgan fingerprint density at radius 3 is 2.79 bits per heavy atom. The van der Waals surface area contributed by atoms with Crippen molar-refractivity contribution in [1.82, 2.24) is 9.80 Å². The molecule has 1 N–H and O–H groups in total. The fourth-order valence-corrected chi connectivity index (χ4v) is 4.27. The van der Waals surface area contributed by atoms with Crippen molar-refractivity contribution in [3.8, 4) is 17.2 Å². The third kappa shape index (κ3) is 4.50. The number of methoxy groups -OCH3 is 1. The molecule has 6 heteroatoms. The van der Waals surface area contributed by atoms with Gasteiger partial charge in [0, 0.05) is 45.4 Å². The fourth-order valence-electron chi connectivity index (χ4n) is 4.27. The Morgan fingerprint density at radius 2 is 2.00 bits per heavy atom. The number of hydrogen-bond acceptors (Lipinski definition) is 6. The second kappa shape index (κ2) is 9.03. The smallest absolute Gasteiger partial charge is 0.231 e. The summed E-state index contributed by atoms with van der Waals surface area (Å²) in [5.41, 5.74) is 3.84.